The molecule has 0 saturated carbocycles. The molecule has 1 heteroatoms. The van der Waals surface area contributed by atoms with Gasteiger partial charge in [-0.3, -0.25) is 0 Å². The smallest absolute Gasteiger partial charge is 0.00645 e. The zero-order valence-electron chi connectivity index (χ0n) is 6.65. The van der Waals surface area contributed by atoms with Gasteiger partial charge in [0.2, 0.25) is 0 Å². The van der Waals surface area contributed by atoms with Gasteiger partial charge in [0.15, 0.2) is 0 Å². The molecular weight excluding hydrogens is 110 g/mol. The molecule has 0 amide bonds. The van der Waals surface area contributed by atoms with Gasteiger partial charge in [0.1, 0.15) is 0 Å². The van der Waals surface area contributed by atoms with E-state index in [9.17, 15) is 0 Å². The summed E-state index contributed by atoms with van der Waals surface area (Å²) in [6, 6.07) is 0.737. The van der Waals surface area contributed by atoms with Crippen molar-refractivity contribution in [3.8, 4) is 0 Å². The molecule has 1 fully saturated rings. The Bertz CT molecular complexity index is 90.6. The summed E-state index contributed by atoms with van der Waals surface area (Å²) in [6.07, 6.45) is 1.40. The van der Waals surface area contributed by atoms with E-state index in [-0.39, 0.29) is 0 Å². The normalized spacial score (nSPS) is 45.0. The first-order valence-corrected chi connectivity index (χ1v) is 3.93. The van der Waals surface area contributed by atoms with Crippen LogP contribution in [0.25, 0.3) is 0 Å². The number of nitrogens with one attached hydrogen (secondary N) is 1. The second-order valence-corrected chi connectivity index (χ2v) is 3.52. The summed E-state index contributed by atoms with van der Waals surface area (Å²) in [5, 5.41) is 3.48. The van der Waals surface area contributed by atoms with Crippen molar-refractivity contribution in [3.05, 3.63) is 0 Å². The molecule has 0 spiro atoms. The molecular formula is C8H17N. The van der Waals surface area contributed by atoms with Crippen molar-refractivity contribution in [2.75, 3.05) is 6.54 Å². The highest BCUT2D eigenvalue weighted by molar-refractivity contribution is 4.77. The molecule has 1 nitrogen and oxygen atoms in total. The predicted octanol–water partition coefficient (Wildman–Crippen LogP) is 1.64. The van der Waals surface area contributed by atoms with Crippen molar-refractivity contribution in [2.45, 2.75) is 33.2 Å². The molecule has 0 aromatic rings. The van der Waals surface area contributed by atoms with Crippen molar-refractivity contribution in [2.24, 2.45) is 11.8 Å². The maximum Gasteiger partial charge on any atom is 0.00645 e. The maximum atomic E-state index is 3.48. The Balaban J connectivity index is 2.35. The van der Waals surface area contributed by atoms with Crippen LogP contribution in [-0.4, -0.2) is 12.6 Å². The van der Waals surface area contributed by atoms with Crippen LogP contribution in [0.3, 0.4) is 0 Å². The number of piperidine rings is 1. The van der Waals surface area contributed by atoms with Gasteiger partial charge in [0.05, 0.1) is 0 Å². The minimum Gasteiger partial charge on any atom is -0.314 e. The van der Waals surface area contributed by atoms with Crippen LogP contribution in [0.4, 0.5) is 0 Å². The third-order valence-electron chi connectivity index (χ3n) is 2.42. The molecule has 0 unspecified atom stereocenters. The highest BCUT2D eigenvalue weighted by Gasteiger charge is 2.20. The lowest BCUT2D eigenvalue weighted by Crippen LogP contribution is -2.41. The van der Waals surface area contributed by atoms with Crippen molar-refractivity contribution in [1.82, 2.24) is 5.32 Å². The Labute approximate surface area is 57.8 Å². The van der Waals surface area contributed by atoms with Crippen molar-refractivity contribution >= 4 is 0 Å². The van der Waals surface area contributed by atoms with Gasteiger partial charge in [-0.25, -0.2) is 0 Å². The van der Waals surface area contributed by atoms with E-state index in [1.165, 1.54) is 13.0 Å². The molecule has 0 radical (unpaired) electrons. The van der Waals surface area contributed by atoms with E-state index in [2.05, 4.69) is 26.1 Å². The summed E-state index contributed by atoms with van der Waals surface area (Å²) in [5.41, 5.74) is 0. The molecule has 9 heavy (non-hydrogen) atoms. The van der Waals surface area contributed by atoms with Crippen LogP contribution in [0.1, 0.15) is 27.2 Å². The second-order valence-electron chi connectivity index (χ2n) is 3.52. The largest absolute Gasteiger partial charge is 0.314 e. The average molecular weight is 127 g/mol. The molecule has 3 atom stereocenters. The Morgan fingerprint density at radius 1 is 1.22 bits per heavy atom. The fourth-order valence-electron chi connectivity index (χ4n) is 1.51. The van der Waals surface area contributed by atoms with Crippen LogP contribution in [0.5, 0.6) is 0 Å². The predicted molar refractivity (Wildman–Crippen MR) is 40.4 cm³/mol. The molecule has 0 bridgehead atoms. The van der Waals surface area contributed by atoms with E-state index in [0.29, 0.717) is 0 Å². The fraction of sp³-hybridized carbons (Fsp3) is 1.00. The second kappa shape index (κ2) is 2.70. The molecule has 1 heterocycles. The number of rotatable bonds is 0. The molecule has 0 aromatic carbocycles. The summed E-state index contributed by atoms with van der Waals surface area (Å²) in [5.74, 6) is 1.75. The van der Waals surface area contributed by atoms with Crippen molar-refractivity contribution in [1.29, 1.82) is 0 Å². The van der Waals surface area contributed by atoms with Crippen molar-refractivity contribution < 1.29 is 0 Å². The molecule has 1 saturated heterocycles. The number of hydrogen-bond donors (Lipinski definition) is 1. The quantitative estimate of drug-likeness (QED) is 0.521. The third kappa shape index (κ3) is 1.68. The Morgan fingerprint density at radius 2 is 1.89 bits per heavy atom. The first-order valence-electron chi connectivity index (χ1n) is 3.93. The van der Waals surface area contributed by atoms with Crippen LogP contribution in [-0.2, 0) is 0 Å². The SMILES string of the molecule is C[C@@H]1CN[C@H](C)[C@H](C)C1. The van der Waals surface area contributed by atoms with E-state index in [4.69, 9.17) is 0 Å². The first kappa shape index (κ1) is 7.07. The van der Waals surface area contributed by atoms with Crippen molar-refractivity contribution in [3.63, 3.8) is 0 Å². The zero-order chi connectivity index (χ0) is 6.85. The Kier molecular flexibility index (Phi) is 2.12. The Hall–Kier alpha value is -0.0400. The van der Waals surface area contributed by atoms with Crippen LogP contribution in [0.15, 0.2) is 0 Å². The van der Waals surface area contributed by atoms with E-state index in [1.54, 1.807) is 0 Å². The molecule has 0 aromatic heterocycles. The van der Waals surface area contributed by atoms with Crippen LogP contribution in [0, 0.1) is 11.8 Å². The van der Waals surface area contributed by atoms with Crippen LogP contribution < -0.4 is 5.32 Å². The topological polar surface area (TPSA) is 12.0 Å². The molecule has 54 valence electrons. The average Bonchev–Trinajstić information content (AvgIpc) is 1.80. The minimum atomic E-state index is 0.737. The van der Waals surface area contributed by atoms with Gasteiger partial charge < -0.3 is 5.32 Å². The fourth-order valence-corrected chi connectivity index (χ4v) is 1.51. The standard InChI is InChI=1S/C8H17N/c1-6-4-7(2)8(3)9-5-6/h6-9H,4-5H2,1-3H3/t6-,7+,8+/m0/s1. The summed E-state index contributed by atoms with van der Waals surface area (Å²) in [7, 11) is 0. The van der Waals surface area contributed by atoms with Gasteiger partial charge in [-0.2, -0.15) is 0 Å². The van der Waals surface area contributed by atoms with Gasteiger partial charge in [0, 0.05) is 6.04 Å². The van der Waals surface area contributed by atoms with Gasteiger partial charge in [-0.1, -0.05) is 13.8 Å². The van der Waals surface area contributed by atoms with E-state index >= 15 is 0 Å². The minimum absolute atomic E-state index is 0.737. The Morgan fingerprint density at radius 3 is 2.33 bits per heavy atom. The number of hydrogen-bond acceptors (Lipinski definition) is 1. The summed E-state index contributed by atoms with van der Waals surface area (Å²) in [4.78, 5) is 0. The molecule has 1 N–H and O–H groups in total. The highest BCUT2D eigenvalue weighted by Crippen LogP contribution is 2.19. The van der Waals surface area contributed by atoms with E-state index in [1.807, 2.05) is 0 Å². The lowest BCUT2D eigenvalue weighted by atomic mass is 9.88. The lowest BCUT2D eigenvalue weighted by molar-refractivity contribution is 0.257. The monoisotopic (exact) mass is 127 g/mol. The highest BCUT2D eigenvalue weighted by atomic mass is 14.9. The summed E-state index contributed by atoms with van der Waals surface area (Å²) >= 11 is 0. The molecule has 0 aliphatic carbocycles. The molecule has 1 aliphatic rings. The summed E-state index contributed by atoms with van der Waals surface area (Å²) in [6.45, 7) is 8.13. The van der Waals surface area contributed by atoms with Gasteiger partial charge in [-0.15, -0.1) is 0 Å². The van der Waals surface area contributed by atoms with Gasteiger partial charge in [0.25, 0.3) is 0 Å². The van der Waals surface area contributed by atoms with E-state index in [0.717, 1.165) is 17.9 Å². The maximum absolute atomic E-state index is 3.48. The zero-order valence-corrected chi connectivity index (χ0v) is 6.65. The van der Waals surface area contributed by atoms with Gasteiger partial charge in [-0.05, 0) is 31.7 Å². The van der Waals surface area contributed by atoms with Crippen LogP contribution >= 0.6 is 0 Å². The molecule has 1 rings (SSSR count). The van der Waals surface area contributed by atoms with Crippen LogP contribution in [0.2, 0.25) is 0 Å². The third-order valence-corrected chi connectivity index (χ3v) is 2.42. The van der Waals surface area contributed by atoms with E-state index < -0.39 is 0 Å². The lowest BCUT2D eigenvalue weighted by Gasteiger charge is -2.31. The molecule has 1 aliphatic heterocycles. The van der Waals surface area contributed by atoms with Gasteiger partial charge >= 0.3 is 0 Å². The first-order chi connectivity index (χ1) is 4.20. The summed E-state index contributed by atoms with van der Waals surface area (Å²) < 4.78 is 0.